The number of rotatable bonds is 2. The molecule has 0 saturated carbocycles. The molecule has 70 heavy (non-hydrogen) atoms. The summed E-state index contributed by atoms with van der Waals surface area (Å²) in [6.45, 7) is 6.95. The Kier molecular flexibility index (Phi) is 16.4. The van der Waals surface area contributed by atoms with Crippen molar-refractivity contribution in [3.8, 4) is 46.0 Å². The zero-order valence-electron chi connectivity index (χ0n) is 39.6. The third-order valence-corrected chi connectivity index (χ3v) is 12.3. The van der Waals surface area contributed by atoms with E-state index in [-0.39, 0.29) is 62.3 Å². The predicted molar refractivity (Wildman–Crippen MR) is 266 cm³/mol. The maximum absolute atomic E-state index is 12.7. The van der Waals surface area contributed by atoms with Gasteiger partial charge >= 0.3 is 0 Å². The van der Waals surface area contributed by atoms with Crippen LogP contribution >= 0.6 is 24.8 Å². The van der Waals surface area contributed by atoms with Gasteiger partial charge in [-0.05, 0) is 76.2 Å². The van der Waals surface area contributed by atoms with Crippen molar-refractivity contribution in [3.63, 3.8) is 0 Å². The van der Waals surface area contributed by atoms with E-state index in [2.05, 4.69) is 41.2 Å². The highest BCUT2D eigenvalue weighted by Gasteiger charge is 2.28. The number of hydrogen-bond acceptors (Lipinski definition) is 18. The SMILES string of the molecule is COc1cc2ncnc3c2cc1OCCCNC(=O)[C@H](C)N(C)Cc1ccc2c(c1N3)OCO2.COc1cc2ncnc3c2cc1OCCCNC(=O)[C@H](C)N(C)Cc1ccc2c(c1N3)OCO2.Cl.Cl. The number of carbonyl (C=O) groups excluding carboxylic acids is 2. The molecule has 4 bridgehead atoms. The highest BCUT2D eigenvalue weighted by Crippen LogP contribution is 2.46. The van der Waals surface area contributed by atoms with Crippen molar-refractivity contribution >= 4 is 81.4 Å². The highest BCUT2D eigenvalue weighted by atomic mass is 35.5. The number of fused-ring (bicyclic) bond motifs is 8. The Morgan fingerprint density at radius 3 is 1.41 bits per heavy atom. The molecule has 2 amide bonds. The molecule has 0 aliphatic carbocycles. The molecule has 2 aromatic heterocycles. The Morgan fingerprint density at radius 2 is 1.00 bits per heavy atom. The van der Waals surface area contributed by atoms with Crippen molar-refractivity contribution in [1.29, 1.82) is 0 Å². The number of carbonyl (C=O) groups is 2. The van der Waals surface area contributed by atoms with Crippen LogP contribution in [0.15, 0.2) is 61.2 Å². The molecule has 0 radical (unpaired) electrons. The van der Waals surface area contributed by atoms with Gasteiger partial charge in [0.05, 0.1) is 61.9 Å². The molecule has 10 rings (SSSR count). The lowest BCUT2D eigenvalue weighted by atomic mass is 10.1. The average Bonchev–Trinajstić information content (AvgIpc) is 4.05. The van der Waals surface area contributed by atoms with Crippen LogP contribution in [0.5, 0.6) is 46.0 Å². The summed E-state index contributed by atoms with van der Waals surface area (Å²) >= 11 is 0. The summed E-state index contributed by atoms with van der Waals surface area (Å²) in [6.07, 6.45) is 4.32. The zero-order chi connectivity index (χ0) is 47.3. The van der Waals surface area contributed by atoms with Gasteiger partial charge < -0.3 is 59.2 Å². The second kappa shape index (κ2) is 22.6. The lowest BCUT2D eigenvalue weighted by molar-refractivity contribution is -0.126. The molecule has 22 heteroatoms. The summed E-state index contributed by atoms with van der Waals surface area (Å²) in [5.41, 5.74) is 4.78. The van der Waals surface area contributed by atoms with Crippen molar-refractivity contribution in [3.05, 3.63) is 72.3 Å². The molecule has 0 unspecified atom stereocenters. The third-order valence-electron chi connectivity index (χ3n) is 12.3. The highest BCUT2D eigenvalue weighted by molar-refractivity contribution is 5.95. The summed E-state index contributed by atoms with van der Waals surface area (Å²) in [4.78, 5) is 47.2. The van der Waals surface area contributed by atoms with Crippen LogP contribution in [-0.2, 0) is 22.7 Å². The van der Waals surface area contributed by atoms with E-state index in [0.717, 1.165) is 33.3 Å². The fraction of sp³-hybridized carbons (Fsp3) is 0.375. The number of ether oxygens (including phenoxy) is 8. The minimum Gasteiger partial charge on any atom is -0.493 e. The number of likely N-dealkylation sites (N-methyl/N-ethyl adjacent to an activating group) is 2. The van der Waals surface area contributed by atoms with Crippen molar-refractivity contribution in [1.82, 2.24) is 40.4 Å². The van der Waals surface area contributed by atoms with Gasteiger partial charge in [0.2, 0.25) is 25.4 Å². The number of hydrogen-bond donors (Lipinski definition) is 4. The number of halogens is 2. The maximum atomic E-state index is 12.7. The van der Waals surface area contributed by atoms with Crippen LogP contribution in [0.4, 0.5) is 23.0 Å². The Bertz CT molecular complexity index is 2670. The van der Waals surface area contributed by atoms with Gasteiger partial charge in [-0.25, -0.2) is 19.9 Å². The van der Waals surface area contributed by atoms with E-state index in [1.807, 2.05) is 86.3 Å². The Hall–Kier alpha value is -7.00. The fourth-order valence-electron chi connectivity index (χ4n) is 8.11. The minimum atomic E-state index is -0.328. The summed E-state index contributed by atoms with van der Waals surface area (Å²) < 4.78 is 45.9. The number of nitrogens with one attached hydrogen (secondary N) is 4. The Balaban J connectivity index is 0.000000201. The van der Waals surface area contributed by atoms with Crippen LogP contribution in [0.2, 0.25) is 0 Å². The van der Waals surface area contributed by atoms with Crippen LogP contribution in [0.3, 0.4) is 0 Å². The Morgan fingerprint density at radius 1 is 0.571 bits per heavy atom. The van der Waals surface area contributed by atoms with Gasteiger partial charge in [-0.2, -0.15) is 0 Å². The van der Waals surface area contributed by atoms with E-state index >= 15 is 0 Å². The van der Waals surface area contributed by atoms with Crippen molar-refractivity contribution in [2.24, 2.45) is 0 Å². The van der Waals surface area contributed by atoms with Crippen molar-refractivity contribution in [2.45, 2.75) is 51.9 Å². The topological polar surface area (TPSA) is 214 Å². The van der Waals surface area contributed by atoms with E-state index in [0.29, 0.717) is 121 Å². The van der Waals surface area contributed by atoms with E-state index in [1.165, 1.54) is 12.7 Å². The third kappa shape index (κ3) is 10.7. The number of nitrogens with zero attached hydrogens (tertiary/aromatic N) is 6. The first-order valence-electron chi connectivity index (χ1n) is 22.3. The van der Waals surface area contributed by atoms with Gasteiger partial charge in [-0.1, -0.05) is 12.1 Å². The van der Waals surface area contributed by atoms with Crippen LogP contribution in [0.1, 0.15) is 37.8 Å². The minimum absolute atomic E-state index is 0. The molecule has 0 fully saturated rings. The van der Waals surface area contributed by atoms with E-state index in [4.69, 9.17) is 37.9 Å². The first-order chi connectivity index (χ1) is 33.1. The Labute approximate surface area is 416 Å². The number of anilines is 4. The van der Waals surface area contributed by atoms with Crippen molar-refractivity contribution in [2.75, 3.05) is 78.8 Å². The van der Waals surface area contributed by atoms with Crippen molar-refractivity contribution < 1.29 is 47.5 Å². The number of methoxy groups -OCH3 is 2. The molecule has 4 aliphatic heterocycles. The maximum Gasteiger partial charge on any atom is 0.237 e. The molecule has 0 saturated heterocycles. The first kappa shape index (κ1) is 50.9. The normalized spacial score (nSPS) is 18.1. The molecule has 0 spiro atoms. The molecule has 4 aliphatic rings. The van der Waals surface area contributed by atoms with Gasteiger partial charge in [0.1, 0.15) is 24.3 Å². The summed E-state index contributed by atoms with van der Waals surface area (Å²) in [6, 6.07) is 14.5. The molecule has 20 nitrogen and oxygen atoms in total. The van der Waals surface area contributed by atoms with Gasteiger partial charge in [0.25, 0.3) is 0 Å². The smallest absolute Gasteiger partial charge is 0.237 e. The van der Waals surface area contributed by atoms with E-state index in [1.54, 1.807) is 14.2 Å². The second-order valence-corrected chi connectivity index (χ2v) is 16.6. The lowest BCUT2D eigenvalue weighted by Gasteiger charge is -2.26. The van der Waals surface area contributed by atoms with Crippen LogP contribution < -0.4 is 59.2 Å². The molecular weight excluding hydrogens is 947 g/mol. The monoisotopic (exact) mass is 1000 g/mol. The molecule has 4 aromatic carbocycles. The number of benzene rings is 4. The molecule has 4 N–H and O–H groups in total. The van der Waals surface area contributed by atoms with Gasteiger partial charge in [-0.3, -0.25) is 19.4 Å². The van der Waals surface area contributed by atoms with Gasteiger partial charge in [0.15, 0.2) is 46.0 Å². The molecule has 372 valence electrons. The molecule has 2 atom stereocenters. The predicted octanol–water partition coefficient (Wildman–Crippen LogP) is 6.50. The standard InChI is InChI=1S/2C24H27N5O5.2ClH/c2*1-14-24(30)25-7-4-8-32-20-9-16-17(10-19(20)31-3)26-12-27-23(16)28-21-15(11-29(14)2)5-6-18-22(21)34-13-33-18;;/h2*5-6,9-10,12,14H,4,7-8,11,13H2,1-3H3,(H,25,30)(H,26,27,28);2*1H/t2*14-;;/m00../s1. The zero-order valence-corrected chi connectivity index (χ0v) is 41.2. The second-order valence-electron chi connectivity index (χ2n) is 16.6. The number of amides is 2. The largest absolute Gasteiger partial charge is 0.493 e. The number of aromatic nitrogens is 4. The van der Waals surface area contributed by atoms with Crippen LogP contribution in [0, 0.1) is 0 Å². The summed E-state index contributed by atoms with van der Waals surface area (Å²) in [5, 5.41) is 14.4. The van der Waals surface area contributed by atoms with E-state index in [9.17, 15) is 9.59 Å². The van der Waals surface area contributed by atoms with Crippen LogP contribution in [0.25, 0.3) is 21.8 Å². The molecule has 6 aromatic rings. The van der Waals surface area contributed by atoms with Gasteiger partial charge in [0, 0.05) is 49.1 Å². The van der Waals surface area contributed by atoms with Gasteiger partial charge in [-0.15, -0.1) is 24.8 Å². The quantitative estimate of drug-likeness (QED) is 0.146. The molecular formula is C48H56Cl2N10O10. The summed E-state index contributed by atoms with van der Waals surface area (Å²) in [7, 11) is 7.03. The fourth-order valence-corrected chi connectivity index (χ4v) is 8.11. The first-order valence-corrected chi connectivity index (χ1v) is 22.3. The molecule has 6 heterocycles. The average molecular weight is 1000 g/mol. The van der Waals surface area contributed by atoms with E-state index < -0.39 is 0 Å². The lowest BCUT2D eigenvalue weighted by Crippen LogP contribution is -2.43. The summed E-state index contributed by atoms with van der Waals surface area (Å²) in [5.74, 6) is 5.97. The van der Waals surface area contributed by atoms with Crippen LogP contribution in [-0.4, -0.2) is 122 Å².